The van der Waals surface area contributed by atoms with Crippen LogP contribution in [0.3, 0.4) is 0 Å². The minimum atomic E-state index is 0.0895. The van der Waals surface area contributed by atoms with Gasteiger partial charge in [0.25, 0.3) is 0 Å². The van der Waals surface area contributed by atoms with Crippen molar-refractivity contribution >= 4 is 16.9 Å². The number of piperidine rings is 1. The molecule has 5 rings (SSSR count). The second-order valence-electron chi connectivity index (χ2n) is 7.21. The lowest BCUT2D eigenvalue weighted by atomic mass is 9.96. The molecule has 0 bridgehead atoms. The molecular weight excluding hydrogens is 332 g/mol. The number of likely N-dealkylation sites (tertiary alicyclic amines) is 1. The molecule has 1 amide bonds. The van der Waals surface area contributed by atoms with E-state index in [0.717, 1.165) is 48.4 Å². The Labute approximate surface area is 150 Å². The van der Waals surface area contributed by atoms with E-state index in [0.29, 0.717) is 24.7 Å². The quantitative estimate of drug-likeness (QED) is 0.717. The summed E-state index contributed by atoms with van der Waals surface area (Å²) in [6.45, 7) is 1.42. The molecule has 2 aliphatic rings. The predicted octanol–water partition coefficient (Wildman–Crippen LogP) is 3.04. The van der Waals surface area contributed by atoms with Crippen molar-refractivity contribution in [3.05, 3.63) is 41.7 Å². The summed E-state index contributed by atoms with van der Waals surface area (Å²) in [5.74, 6) is 2.35. The van der Waals surface area contributed by atoms with Crippen molar-refractivity contribution < 1.29 is 13.7 Å². The van der Waals surface area contributed by atoms with Crippen LogP contribution >= 0.6 is 0 Å². The maximum absolute atomic E-state index is 12.6. The molecule has 3 aromatic rings. The Hall–Kier alpha value is -2.70. The fraction of sp³-hybridized carbons (Fsp3) is 0.474. The Balaban J connectivity index is 1.21. The molecule has 0 radical (unpaired) electrons. The van der Waals surface area contributed by atoms with E-state index in [1.54, 1.807) is 0 Å². The largest absolute Gasteiger partial charge is 0.425 e. The molecule has 2 fully saturated rings. The molecule has 3 heterocycles. The number of amides is 1. The van der Waals surface area contributed by atoms with E-state index in [2.05, 4.69) is 15.4 Å². The van der Waals surface area contributed by atoms with Crippen LogP contribution in [0.1, 0.15) is 55.0 Å². The molecule has 0 unspecified atom stereocenters. The van der Waals surface area contributed by atoms with Gasteiger partial charge in [-0.1, -0.05) is 17.3 Å². The molecule has 1 saturated carbocycles. The van der Waals surface area contributed by atoms with Gasteiger partial charge in [0.1, 0.15) is 5.69 Å². The second-order valence-corrected chi connectivity index (χ2v) is 7.21. The fourth-order valence-corrected chi connectivity index (χ4v) is 3.60. The molecule has 1 saturated heterocycles. The van der Waals surface area contributed by atoms with Crippen molar-refractivity contribution in [3.63, 3.8) is 0 Å². The first-order chi connectivity index (χ1) is 12.8. The lowest BCUT2D eigenvalue weighted by molar-refractivity contribution is -0.131. The highest BCUT2D eigenvalue weighted by Gasteiger charge is 2.32. The molecule has 0 atom stereocenters. The summed E-state index contributed by atoms with van der Waals surface area (Å²) in [4.78, 5) is 14.5. The summed E-state index contributed by atoms with van der Waals surface area (Å²) in [6, 6.07) is 7.63. The summed E-state index contributed by atoms with van der Waals surface area (Å²) in [7, 11) is 0. The second kappa shape index (κ2) is 6.23. The van der Waals surface area contributed by atoms with Gasteiger partial charge in [-0.2, -0.15) is 0 Å². The summed E-state index contributed by atoms with van der Waals surface area (Å²) >= 11 is 0. The first-order valence-corrected chi connectivity index (χ1v) is 9.22. The summed E-state index contributed by atoms with van der Waals surface area (Å²) in [5.41, 5.74) is 1.43. The van der Waals surface area contributed by atoms with Crippen molar-refractivity contribution in [1.82, 2.24) is 20.3 Å². The molecule has 1 aromatic carbocycles. The normalized spacial score (nSPS) is 18.5. The van der Waals surface area contributed by atoms with Crippen LogP contribution in [-0.2, 0) is 11.2 Å². The van der Waals surface area contributed by atoms with E-state index in [-0.39, 0.29) is 18.2 Å². The van der Waals surface area contributed by atoms with E-state index in [9.17, 15) is 4.79 Å². The van der Waals surface area contributed by atoms with Gasteiger partial charge in [0, 0.05) is 30.3 Å². The first-order valence-electron chi connectivity index (χ1n) is 9.22. The van der Waals surface area contributed by atoms with Crippen LogP contribution < -0.4 is 0 Å². The topological polar surface area (TPSA) is 85.3 Å². The predicted molar refractivity (Wildman–Crippen MR) is 92.5 cm³/mol. The number of hydrogen-bond donors (Lipinski definition) is 0. The van der Waals surface area contributed by atoms with Crippen LogP contribution in [-0.4, -0.2) is 39.3 Å². The van der Waals surface area contributed by atoms with E-state index in [1.165, 1.54) is 0 Å². The van der Waals surface area contributed by atoms with Crippen LogP contribution in [0, 0.1) is 0 Å². The molecule has 0 N–H and O–H groups in total. The number of rotatable bonds is 4. The molecular formula is C19H20N4O3. The van der Waals surface area contributed by atoms with Gasteiger partial charge >= 0.3 is 0 Å². The van der Waals surface area contributed by atoms with Crippen molar-refractivity contribution in [2.45, 2.75) is 43.9 Å². The number of benzene rings is 1. The Kier molecular flexibility index (Phi) is 3.72. The number of carbonyl (C=O) groups is 1. The number of fused-ring (bicyclic) bond motifs is 1. The smallest absolute Gasteiger partial charge is 0.228 e. The summed E-state index contributed by atoms with van der Waals surface area (Å²) in [5, 5.41) is 13.4. The van der Waals surface area contributed by atoms with Gasteiger partial charge in [0.05, 0.1) is 6.42 Å². The Morgan fingerprint density at radius 1 is 1.04 bits per heavy atom. The van der Waals surface area contributed by atoms with Gasteiger partial charge in [0.15, 0.2) is 5.58 Å². The summed E-state index contributed by atoms with van der Waals surface area (Å²) < 4.78 is 11.1. The number of para-hydroxylation sites is 1. The maximum atomic E-state index is 12.6. The number of nitrogens with zero attached hydrogens (tertiary/aromatic N) is 4. The van der Waals surface area contributed by atoms with Gasteiger partial charge in [-0.3, -0.25) is 4.79 Å². The zero-order valence-electron chi connectivity index (χ0n) is 14.4. The molecule has 7 nitrogen and oxygen atoms in total. The third-order valence-corrected chi connectivity index (χ3v) is 5.35. The molecule has 0 spiro atoms. The zero-order valence-corrected chi connectivity index (χ0v) is 14.4. The highest BCUT2D eigenvalue weighted by atomic mass is 16.5. The molecule has 134 valence electrons. The van der Waals surface area contributed by atoms with Crippen LogP contribution in [0.4, 0.5) is 0 Å². The molecule has 1 aliphatic heterocycles. The third kappa shape index (κ3) is 2.87. The van der Waals surface area contributed by atoms with E-state index in [1.807, 2.05) is 29.2 Å². The van der Waals surface area contributed by atoms with Crippen molar-refractivity contribution in [2.24, 2.45) is 0 Å². The lowest BCUT2D eigenvalue weighted by Gasteiger charge is -2.30. The molecule has 2 aromatic heterocycles. The Morgan fingerprint density at radius 3 is 2.46 bits per heavy atom. The van der Waals surface area contributed by atoms with E-state index in [4.69, 9.17) is 8.94 Å². The molecule has 1 aliphatic carbocycles. The maximum Gasteiger partial charge on any atom is 0.228 e. The van der Waals surface area contributed by atoms with Gasteiger partial charge in [-0.15, -0.1) is 10.2 Å². The first kappa shape index (κ1) is 15.5. The minimum absolute atomic E-state index is 0.0895. The van der Waals surface area contributed by atoms with Gasteiger partial charge < -0.3 is 13.8 Å². The fourth-order valence-electron chi connectivity index (χ4n) is 3.60. The van der Waals surface area contributed by atoms with Crippen LogP contribution in [0.25, 0.3) is 11.0 Å². The SMILES string of the molecule is O=C(Cc1noc2ccccc12)N1CCC(c2nnc(C3CC3)o2)CC1. The Morgan fingerprint density at radius 2 is 1.73 bits per heavy atom. The average molecular weight is 352 g/mol. The minimum Gasteiger partial charge on any atom is -0.425 e. The van der Waals surface area contributed by atoms with Gasteiger partial charge in [-0.25, -0.2) is 0 Å². The van der Waals surface area contributed by atoms with Crippen LogP contribution in [0.5, 0.6) is 0 Å². The van der Waals surface area contributed by atoms with Gasteiger partial charge in [0.2, 0.25) is 17.7 Å². The van der Waals surface area contributed by atoms with Gasteiger partial charge in [-0.05, 0) is 37.8 Å². The van der Waals surface area contributed by atoms with Crippen LogP contribution in [0.15, 0.2) is 33.2 Å². The third-order valence-electron chi connectivity index (χ3n) is 5.35. The van der Waals surface area contributed by atoms with Crippen molar-refractivity contribution in [3.8, 4) is 0 Å². The lowest BCUT2D eigenvalue weighted by Crippen LogP contribution is -2.38. The highest BCUT2D eigenvalue weighted by molar-refractivity contribution is 5.86. The molecule has 7 heteroatoms. The van der Waals surface area contributed by atoms with E-state index < -0.39 is 0 Å². The highest BCUT2D eigenvalue weighted by Crippen LogP contribution is 2.40. The zero-order chi connectivity index (χ0) is 17.5. The standard InChI is InChI=1S/C19H20N4O3/c24-17(11-15-14-3-1-2-4-16(14)26-22-15)23-9-7-13(8-10-23)19-21-20-18(25-19)12-5-6-12/h1-4,12-13H,5-11H2. The Bertz CT molecular complexity index is 935. The molecule has 26 heavy (non-hydrogen) atoms. The number of carbonyl (C=O) groups excluding carboxylic acids is 1. The number of hydrogen-bond acceptors (Lipinski definition) is 6. The van der Waals surface area contributed by atoms with Crippen molar-refractivity contribution in [2.75, 3.05) is 13.1 Å². The van der Waals surface area contributed by atoms with Crippen LogP contribution in [0.2, 0.25) is 0 Å². The average Bonchev–Trinajstić information content (AvgIpc) is 3.28. The monoisotopic (exact) mass is 352 g/mol. The van der Waals surface area contributed by atoms with Crippen molar-refractivity contribution in [1.29, 1.82) is 0 Å². The number of aromatic nitrogens is 3. The van der Waals surface area contributed by atoms with E-state index >= 15 is 0 Å². The summed E-state index contributed by atoms with van der Waals surface area (Å²) in [6.07, 6.45) is 4.31.